The van der Waals surface area contributed by atoms with Gasteiger partial charge in [0.2, 0.25) is 0 Å². The Bertz CT molecular complexity index is 156. The number of nitrogens with one attached hydrogen (secondary N) is 1. The standard InChI is InChI=1S/C8H15NO3/c1-12-5-7(8(10)11)9-6-3-2-4-6/h6-7,9H,2-5H2,1H3,(H,10,11). The molecule has 0 amide bonds. The minimum atomic E-state index is -0.830. The number of methoxy groups -OCH3 is 1. The van der Waals surface area contributed by atoms with Crippen LogP contribution in [0.5, 0.6) is 0 Å². The Morgan fingerprint density at radius 2 is 2.42 bits per heavy atom. The smallest absolute Gasteiger partial charge is 0.323 e. The molecule has 0 saturated heterocycles. The van der Waals surface area contributed by atoms with Gasteiger partial charge in [-0.15, -0.1) is 0 Å². The second kappa shape index (κ2) is 4.42. The third-order valence-corrected chi connectivity index (χ3v) is 2.17. The van der Waals surface area contributed by atoms with Gasteiger partial charge in [-0.05, 0) is 12.8 Å². The van der Waals surface area contributed by atoms with E-state index < -0.39 is 12.0 Å². The maximum atomic E-state index is 10.6. The first-order valence-electron chi connectivity index (χ1n) is 4.22. The van der Waals surface area contributed by atoms with Crippen LogP contribution in [0.4, 0.5) is 0 Å². The molecule has 0 bridgehead atoms. The lowest BCUT2D eigenvalue weighted by molar-refractivity contribution is -0.141. The number of hydrogen-bond acceptors (Lipinski definition) is 3. The molecule has 0 heterocycles. The molecule has 1 fully saturated rings. The SMILES string of the molecule is COCC(NC1CCC1)C(=O)O. The number of aliphatic carboxylic acids is 1. The Labute approximate surface area is 71.9 Å². The molecule has 4 nitrogen and oxygen atoms in total. The van der Waals surface area contributed by atoms with E-state index in [1.807, 2.05) is 0 Å². The molecule has 2 N–H and O–H groups in total. The van der Waals surface area contributed by atoms with Gasteiger partial charge in [-0.25, -0.2) is 0 Å². The molecule has 1 aliphatic rings. The highest BCUT2D eigenvalue weighted by Crippen LogP contribution is 2.18. The Morgan fingerprint density at radius 3 is 2.75 bits per heavy atom. The summed E-state index contributed by atoms with van der Waals surface area (Å²) >= 11 is 0. The van der Waals surface area contributed by atoms with E-state index in [4.69, 9.17) is 9.84 Å². The summed E-state index contributed by atoms with van der Waals surface area (Å²) in [5.41, 5.74) is 0. The van der Waals surface area contributed by atoms with Crippen molar-refractivity contribution in [3.8, 4) is 0 Å². The van der Waals surface area contributed by atoms with Crippen LogP contribution >= 0.6 is 0 Å². The number of carboxylic acid groups (broad SMARTS) is 1. The fourth-order valence-corrected chi connectivity index (χ4v) is 1.22. The molecule has 70 valence electrons. The van der Waals surface area contributed by atoms with Crippen LogP contribution in [0.1, 0.15) is 19.3 Å². The van der Waals surface area contributed by atoms with Gasteiger partial charge >= 0.3 is 5.97 Å². The fraction of sp³-hybridized carbons (Fsp3) is 0.875. The lowest BCUT2D eigenvalue weighted by atomic mass is 9.92. The van der Waals surface area contributed by atoms with E-state index in [0.29, 0.717) is 6.04 Å². The van der Waals surface area contributed by atoms with Gasteiger partial charge in [0, 0.05) is 13.2 Å². The van der Waals surface area contributed by atoms with Crippen molar-refractivity contribution in [3.05, 3.63) is 0 Å². The van der Waals surface area contributed by atoms with Gasteiger partial charge in [-0.2, -0.15) is 0 Å². The summed E-state index contributed by atoms with van der Waals surface area (Å²) in [6.45, 7) is 0.242. The monoisotopic (exact) mass is 173 g/mol. The summed E-state index contributed by atoms with van der Waals surface area (Å²) in [5, 5.41) is 11.8. The van der Waals surface area contributed by atoms with Crippen molar-refractivity contribution < 1.29 is 14.6 Å². The van der Waals surface area contributed by atoms with E-state index in [9.17, 15) is 4.79 Å². The normalized spacial score (nSPS) is 20.1. The van der Waals surface area contributed by atoms with Crippen LogP contribution in [0.15, 0.2) is 0 Å². The second-order valence-corrected chi connectivity index (χ2v) is 3.14. The summed E-state index contributed by atoms with van der Waals surface area (Å²) in [5.74, 6) is -0.830. The van der Waals surface area contributed by atoms with Crippen molar-refractivity contribution in [2.75, 3.05) is 13.7 Å². The van der Waals surface area contributed by atoms with Crippen molar-refractivity contribution in [1.82, 2.24) is 5.32 Å². The molecule has 1 unspecified atom stereocenters. The first kappa shape index (κ1) is 9.48. The Hall–Kier alpha value is -0.610. The molecule has 0 radical (unpaired) electrons. The predicted octanol–water partition coefficient (Wildman–Crippen LogP) is 0.228. The molecule has 4 heteroatoms. The highest BCUT2D eigenvalue weighted by Gasteiger charge is 2.24. The molecule has 0 aromatic rings. The highest BCUT2D eigenvalue weighted by molar-refractivity contribution is 5.73. The average Bonchev–Trinajstić information content (AvgIpc) is 1.93. The molecule has 0 aromatic heterocycles. The first-order chi connectivity index (χ1) is 5.74. The average molecular weight is 173 g/mol. The van der Waals surface area contributed by atoms with Crippen LogP contribution in [0.25, 0.3) is 0 Å². The molecule has 12 heavy (non-hydrogen) atoms. The van der Waals surface area contributed by atoms with Gasteiger partial charge < -0.3 is 9.84 Å². The zero-order valence-corrected chi connectivity index (χ0v) is 7.25. The molecule has 1 saturated carbocycles. The summed E-state index contributed by atoms with van der Waals surface area (Å²) in [6.07, 6.45) is 3.39. The van der Waals surface area contributed by atoms with E-state index >= 15 is 0 Å². The Morgan fingerprint density at radius 1 is 1.75 bits per heavy atom. The van der Waals surface area contributed by atoms with Gasteiger partial charge in [0.1, 0.15) is 6.04 Å². The molecule has 0 spiro atoms. The second-order valence-electron chi connectivity index (χ2n) is 3.14. The lowest BCUT2D eigenvalue weighted by Crippen LogP contribution is -2.48. The molecule has 1 atom stereocenters. The van der Waals surface area contributed by atoms with Gasteiger partial charge in [-0.3, -0.25) is 10.1 Å². The van der Waals surface area contributed by atoms with Crippen LogP contribution in [-0.4, -0.2) is 36.9 Å². The van der Waals surface area contributed by atoms with E-state index in [1.54, 1.807) is 0 Å². The van der Waals surface area contributed by atoms with Crippen molar-refractivity contribution in [2.24, 2.45) is 0 Å². The third kappa shape index (κ3) is 2.46. The topological polar surface area (TPSA) is 58.6 Å². The number of rotatable bonds is 5. The van der Waals surface area contributed by atoms with E-state index in [0.717, 1.165) is 12.8 Å². The zero-order valence-electron chi connectivity index (χ0n) is 7.25. The molecular weight excluding hydrogens is 158 g/mol. The Balaban J connectivity index is 2.26. The molecule has 1 aliphatic carbocycles. The summed E-state index contributed by atoms with van der Waals surface area (Å²) in [4.78, 5) is 10.6. The summed E-state index contributed by atoms with van der Waals surface area (Å²) < 4.78 is 4.79. The molecule has 1 rings (SSSR count). The zero-order chi connectivity index (χ0) is 8.97. The van der Waals surface area contributed by atoms with Crippen LogP contribution in [0, 0.1) is 0 Å². The maximum Gasteiger partial charge on any atom is 0.323 e. The Kier molecular flexibility index (Phi) is 3.49. The van der Waals surface area contributed by atoms with Crippen molar-refractivity contribution in [3.63, 3.8) is 0 Å². The van der Waals surface area contributed by atoms with Crippen LogP contribution < -0.4 is 5.32 Å². The number of carbonyl (C=O) groups is 1. The predicted molar refractivity (Wildman–Crippen MR) is 44.1 cm³/mol. The quantitative estimate of drug-likeness (QED) is 0.624. The first-order valence-corrected chi connectivity index (χ1v) is 4.22. The minimum absolute atomic E-state index is 0.242. The number of carboxylic acids is 1. The molecule has 0 aliphatic heterocycles. The molecular formula is C8H15NO3. The number of ether oxygens (including phenoxy) is 1. The third-order valence-electron chi connectivity index (χ3n) is 2.17. The highest BCUT2D eigenvalue weighted by atomic mass is 16.5. The summed E-state index contributed by atoms with van der Waals surface area (Å²) in [7, 11) is 1.51. The minimum Gasteiger partial charge on any atom is -0.480 e. The van der Waals surface area contributed by atoms with Gasteiger partial charge in [0.05, 0.1) is 6.61 Å². The fourth-order valence-electron chi connectivity index (χ4n) is 1.22. The van der Waals surface area contributed by atoms with Crippen molar-refractivity contribution in [2.45, 2.75) is 31.3 Å². The van der Waals surface area contributed by atoms with Gasteiger partial charge in [-0.1, -0.05) is 6.42 Å². The van der Waals surface area contributed by atoms with Crippen molar-refractivity contribution >= 4 is 5.97 Å². The van der Waals surface area contributed by atoms with Gasteiger partial charge in [0.25, 0.3) is 0 Å². The van der Waals surface area contributed by atoms with Crippen LogP contribution in [-0.2, 0) is 9.53 Å². The lowest BCUT2D eigenvalue weighted by Gasteiger charge is -2.29. The number of hydrogen-bond donors (Lipinski definition) is 2. The maximum absolute atomic E-state index is 10.6. The summed E-state index contributed by atoms with van der Waals surface area (Å²) in [6, 6.07) is -0.151. The largest absolute Gasteiger partial charge is 0.480 e. The van der Waals surface area contributed by atoms with Crippen LogP contribution in [0.3, 0.4) is 0 Å². The van der Waals surface area contributed by atoms with Crippen molar-refractivity contribution in [1.29, 1.82) is 0 Å². The van der Waals surface area contributed by atoms with E-state index in [2.05, 4.69) is 5.32 Å². The molecule has 0 aromatic carbocycles. The van der Waals surface area contributed by atoms with Crippen LogP contribution in [0.2, 0.25) is 0 Å². The van der Waals surface area contributed by atoms with Gasteiger partial charge in [0.15, 0.2) is 0 Å². The van der Waals surface area contributed by atoms with E-state index in [1.165, 1.54) is 13.5 Å². The van der Waals surface area contributed by atoms with E-state index in [-0.39, 0.29) is 6.61 Å².